The van der Waals surface area contributed by atoms with Crippen molar-refractivity contribution >= 4 is 16.8 Å². The van der Waals surface area contributed by atoms with Crippen molar-refractivity contribution in [1.82, 2.24) is 15.1 Å². The third kappa shape index (κ3) is 2.99. The van der Waals surface area contributed by atoms with Gasteiger partial charge in [0.2, 0.25) is 18.1 Å². The number of ether oxygens (including phenoxy) is 2. The van der Waals surface area contributed by atoms with Crippen LogP contribution in [-0.4, -0.2) is 22.5 Å². The van der Waals surface area contributed by atoms with Crippen LogP contribution in [0.15, 0.2) is 53.5 Å². The van der Waals surface area contributed by atoms with Gasteiger partial charge in [0.15, 0.2) is 11.5 Å². The average molecular weight is 351 g/mol. The lowest BCUT2D eigenvalue weighted by atomic mass is 10.1. The van der Waals surface area contributed by atoms with Crippen molar-refractivity contribution in [2.45, 2.75) is 19.5 Å². The van der Waals surface area contributed by atoms with Gasteiger partial charge in [0.25, 0.3) is 0 Å². The molecule has 7 heteroatoms. The second kappa shape index (κ2) is 6.51. The molecule has 26 heavy (non-hydrogen) atoms. The van der Waals surface area contributed by atoms with E-state index in [4.69, 9.17) is 9.47 Å². The van der Waals surface area contributed by atoms with Gasteiger partial charge < -0.3 is 14.8 Å². The summed E-state index contributed by atoms with van der Waals surface area (Å²) in [6.07, 6.45) is 1.23. The predicted octanol–water partition coefficient (Wildman–Crippen LogP) is 2.00. The summed E-state index contributed by atoms with van der Waals surface area (Å²) in [6, 6.07) is 12.5. The number of para-hydroxylation sites is 1. The Morgan fingerprint density at radius 3 is 2.92 bits per heavy atom. The minimum atomic E-state index is -0.206. The number of aromatic nitrogens is 2. The van der Waals surface area contributed by atoms with E-state index in [2.05, 4.69) is 10.4 Å². The van der Waals surface area contributed by atoms with Gasteiger partial charge in [-0.2, -0.15) is 5.10 Å². The molecule has 1 aromatic heterocycles. The smallest absolute Gasteiger partial charge is 0.242 e. The molecular formula is C19H17N3O4. The number of fused-ring (bicyclic) bond motifs is 2. The highest BCUT2D eigenvalue weighted by Crippen LogP contribution is 2.34. The van der Waals surface area contributed by atoms with Gasteiger partial charge in [-0.1, -0.05) is 18.2 Å². The number of hydrogen-bond donors (Lipinski definition) is 1. The molecule has 1 N–H and O–H groups in total. The summed E-state index contributed by atoms with van der Waals surface area (Å²) in [5.74, 6) is 1.18. The number of carbonyl (C=O) groups excluding carboxylic acids is 1. The lowest BCUT2D eigenvalue weighted by Crippen LogP contribution is -2.31. The molecule has 3 aromatic rings. The number of hydrogen-bond acceptors (Lipinski definition) is 5. The maximum Gasteiger partial charge on any atom is 0.242 e. The Morgan fingerprint density at radius 2 is 2.04 bits per heavy atom. The van der Waals surface area contributed by atoms with E-state index in [1.807, 2.05) is 31.2 Å². The van der Waals surface area contributed by atoms with Gasteiger partial charge in [0.1, 0.15) is 6.54 Å². The third-order valence-electron chi connectivity index (χ3n) is 4.33. The molecule has 1 amide bonds. The minimum Gasteiger partial charge on any atom is -0.454 e. The highest BCUT2D eigenvalue weighted by atomic mass is 16.7. The van der Waals surface area contributed by atoms with Crippen LogP contribution in [0.3, 0.4) is 0 Å². The molecule has 1 unspecified atom stereocenters. The van der Waals surface area contributed by atoms with Gasteiger partial charge in [-0.25, -0.2) is 0 Å². The van der Waals surface area contributed by atoms with Crippen molar-refractivity contribution in [3.63, 3.8) is 0 Å². The molecule has 0 fully saturated rings. The summed E-state index contributed by atoms with van der Waals surface area (Å²) >= 11 is 0. The third-order valence-corrected chi connectivity index (χ3v) is 4.33. The minimum absolute atomic E-state index is 0.0235. The fourth-order valence-electron chi connectivity index (χ4n) is 2.98. The van der Waals surface area contributed by atoms with Gasteiger partial charge in [0, 0.05) is 5.39 Å². The SMILES string of the molecule is CC(NC(=O)Cn1ncc(=O)c2ccccc21)c1ccc2c(c1)OCO2. The Hall–Kier alpha value is -3.35. The Morgan fingerprint density at radius 1 is 1.23 bits per heavy atom. The van der Waals surface area contributed by atoms with Gasteiger partial charge in [-0.3, -0.25) is 14.3 Å². The van der Waals surface area contributed by atoms with Gasteiger partial charge >= 0.3 is 0 Å². The molecule has 7 nitrogen and oxygen atoms in total. The molecular weight excluding hydrogens is 334 g/mol. The van der Waals surface area contributed by atoms with Crippen LogP contribution in [0, 0.1) is 0 Å². The van der Waals surface area contributed by atoms with Crippen LogP contribution in [0.25, 0.3) is 10.9 Å². The lowest BCUT2D eigenvalue weighted by Gasteiger charge is -2.16. The number of rotatable bonds is 4. The first kappa shape index (κ1) is 16.1. The van der Waals surface area contributed by atoms with Crippen molar-refractivity contribution in [1.29, 1.82) is 0 Å². The first-order valence-corrected chi connectivity index (χ1v) is 8.25. The fraction of sp³-hybridized carbons (Fsp3) is 0.211. The first-order valence-electron chi connectivity index (χ1n) is 8.25. The molecule has 2 aromatic carbocycles. The molecule has 1 aliphatic rings. The summed E-state index contributed by atoms with van der Waals surface area (Å²) in [5, 5.41) is 7.56. The molecule has 4 rings (SSSR count). The van der Waals surface area contributed by atoms with E-state index in [-0.39, 0.29) is 30.7 Å². The average Bonchev–Trinajstić information content (AvgIpc) is 3.12. The summed E-state index contributed by atoms with van der Waals surface area (Å²) in [4.78, 5) is 24.3. The summed E-state index contributed by atoms with van der Waals surface area (Å²) < 4.78 is 12.2. The lowest BCUT2D eigenvalue weighted by molar-refractivity contribution is -0.122. The summed E-state index contributed by atoms with van der Waals surface area (Å²) in [5.41, 5.74) is 1.39. The number of nitrogens with one attached hydrogen (secondary N) is 1. The molecule has 0 radical (unpaired) electrons. The molecule has 1 aliphatic heterocycles. The Kier molecular flexibility index (Phi) is 4.04. The molecule has 0 saturated heterocycles. The zero-order chi connectivity index (χ0) is 18.1. The standard InChI is InChI=1S/C19H17N3O4/c1-12(13-6-7-17-18(8-13)26-11-25-17)21-19(24)10-22-15-5-3-2-4-14(15)16(23)9-20-22/h2-9,12H,10-11H2,1H3,(H,21,24). The molecule has 0 aliphatic carbocycles. The van der Waals surface area contributed by atoms with E-state index in [9.17, 15) is 9.59 Å². The molecule has 2 heterocycles. The second-order valence-electron chi connectivity index (χ2n) is 6.09. The van der Waals surface area contributed by atoms with Crippen LogP contribution in [-0.2, 0) is 11.3 Å². The molecule has 0 saturated carbocycles. The molecule has 1 atom stereocenters. The number of benzene rings is 2. The maximum atomic E-state index is 12.5. The quantitative estimate of drug-likeness (QED) is 0.777. The van der Waals surface area contributed by atoms with E-state index < -0.39 is 0 Å². The van der Waals surface area contributed by atoms with E-state index in [0.29, 0.717) is 22.4 Å². The molecule has 0 bridgehead atoms. The summed E-state index contributed by atoms with van der Waals surface area (Å²) in [6.45, 7) is 2.13. The highest BCUT2D eigenvalue weighted by Gasteiger charge is 2.17. The van der Waals surface area contributed by atoms with Gasteiger partial charge in [-0.05, 0) is 36.8 Å². The van der Waals surface area contributed by atoms with Crippen molar-refractivity contribution in [2.75, 3.05) is 6.79 Å². The monoisotopic (exact) mass is 351 g/mol. The summed E-state index contributed by atoms with van der Waals surface area (Å²) in [7, 11) is 0. The molecule has 0 spiro atoms. The van der Waals surface area contributed by atoms with Crippen molar-refractivity contribution in [3.8, 4) is 11.5 Å². The Labute approximate surface area is 149 Å². The van der Waals surface area contributed by atoms with E-state index in [0.717, 1.165) is 5.56 Å². The maximum absolute atomic E-state index is 12.5. The highest BCUT2D eigenvalue weighted by molar-refractivity contribution is 5.81. The van der Waals surface area contributed by atoms with Crippen LogP contribution in [0.1, 0.15) is 18.5 Å². The van der Waals surface area contributed by atoms with Crippen molar-refractivity contribution < 1.29 is 14.3 Å². The van der Waals surface area contributed by atoms with Crippen molar-refractivity contribution in [2.24, 2.45) is 0 Å². The zero-order valence-corrected chi connectivity index (χ0v) is 14.1. The Bertz CT molecular complexity index is 1040. The van der Waals surface area contributed by atoms with Crippen LogP contribution in [0.2, 0.25) is 0 Å². The Balaban J connectivity index is 1.51. The van der Waals surface area contributed by atoms with E-state index >= 15 is 0 Å². The molecule has 132 valence electrons. The first-order chi connectivity index (χ1) is 12.6. The number of amides is 1. The van der Waals surface area contributed by atoms with Crippen LogP contribution >= 0.6 is 0 Å². The fourth-order valence-corrected chi connectivity index (χ4v) is 2.98. The normalized spacial score (nSPS) is 13.6. The number of nitrogens with zero attached hydrogens (tertiary/aromatic N) is 2. The topological polar surface area (TPSA) is 82.5 Å². The largest absolute Gasteiger partial charge is 0.454 e. The second-order valence-corrected chi connectivity index (χ2v) is 6.09. The van der Waals surface area contributed by atoms with Crippen LogP contribution < -0.4 is 20.2 Å². The van der Waals surface area contributed by atoms with Crippen molar-refractivity contribution in [3.05, 3.63) is 64.4 Å². The predicted molar refractivity (Wildman–Crippen MR) is 95.1 cm³/mol. The van der Waals surface area contributed by atoms with Crippen LogP contribution in [0.5, 0.6) is 11.5 Å². The van der Waals surface area contributed by atoms with Gasteiger partial charge in [-0.15, -0.1) is 0 Å². The van der Waals surface area contributed by atoms with Gasteiger partial charge in [0.05, 0.1) is 17.8 Å². The van der Waals surface area contributed by atoms with E-state index in [1.54, 1.807) is 18.2 Å². The number of carbonyl (C=O) groups is 1. The zero-order valence-electron chi connectivity index (χ0n) is 14.1. The van der Waals surface area contributed by atoms with E-state index in [1.165, 1.54) is 10.9 Å². The van der Waals surface area contributed by atoms with Crippen LogP contribution in [0.4, 0.5) is 0 Å².